The molecule has 0 amide bonds. The molecule has 112 valence electrons. The maximum atomic E-state index is 6.44. The SMILES string of the molecule is COc1cc(C)c(C(N)c2ccc(Cl)cc2OC)cc1C. The summed E-state index contributed by atoms with van der Waals surface area (Å²) in [7, 11) is 3.29. The molecule has 1 unspecified atom stereocenters. The molecule has 21 heavy (non-hydrogen) atoms. The van der Waals surface area contributed by atoms with Crippen LogP contribution in [0, 0.1) is 13.8 Å². The minimum absolute atomic E-state index is 0.276. The zero-order chi connectivity index (χ0) is 15.6. The maximum Gasteiger partial charge on any atom is 0.125 e. The highest BCUT2D eigenvalue weighted by Gasteiger charge is 2.17. The summed E-state index contributed by atoms with van der Waals surface area (Å²) in [5.74, 6) is 1.56. The first-order valence-electron chi connectivity index (χ1n) is 6.72. The van der Waals surface area contributed by atoms with E-state index in [1.165, 1.54) is 0 Å². The van der Waals surface area contributed by atoms with Crippen LogP contribution in [0.1, 0.15) is 28.3 Å². The van der Waals surface area contributed by atoms with Crippen molar-refractivity contribution in [2.75, 3.05) is 14.2 Å². The summed E-state index contributed by atoms with van der Waals surface area (Å²) >= 11 is 6.01. The molecule has 2 rings (SSSR count). The van der Waals surface area contributed by atoms with Crippen LogP contribution < -0.4 is 15.2 Å². The van der Waals surface area contributed by atoms with Gasteiger partial charge in [-0.05, 0) is 48.7 Å². The van der Waals surface area contributed by atoms with Gasteiger partial charge in [-0.2, -0.15) is 0 Å². The largest absolute Gasteiger partial charge is 0.496 e. The Bertz CT molecular complexity index is 655. The summed E-state index contributed by atoms with van der Waals surface area (Å²) < 4.78 is 10.7. The number of nitrogens with two attached hydrogens (primary N) is 1. The lowest BCUT2D eigenvalue weighted by Gasteiger charge is -2.20. The standard InChI is InChI=1S/C17H20ClNO2/c1-10-8-15(20-3)11(2)7-14(10)17(19)13-6-5-12(18)9-16(13)21-4/h5-9,17H,19H2,1-4H3. The Morgan fingerprint density at radius 3 is 2.19 bits per heavy atom. The number of benzene rings is 2. The van der Waals surface area contributed by atoms with Crippen LogP contribution in [0.2, 0.25) is 5.02 Å². The van der Waals surface area contributed by atoms with Crippen molar-refractivity contribution in [3.63, 3.8) is 0 Å². The average molecular weight is 306 g/mol. The summed E-state index contributed by atoms with van der Waals surface area (Å²) in [6.45, 7) is 4.03. The van der Waals surface area contributed by atoms with Crippen LogP contribution in [0.15, 0.2) is 30.3 Å². The molecule has 2 aromatic carbocycles. The van der Waals surface area contributed by atoms with Gasteiger partial charge in [-0.25, -0.2) is 0 Å². The van der Waals surface area contributed by atoms with Crippen molar-refractivity contribution in [1.82, 2.24) is 0 Å². The van der Waals surface area contributed by atoms with E-state index < -0.39 is 0 Å². The van der Waals surface area contributed by atoms with Crippen molar-refractivity contribution in [2.24, 2.45) is 5.73 Å². The van der Waals surface area contributed by atoms with Crippen molar-refractivity contribution in [3.8, 4) is 11.5 Å². The minimum atomic E-state index is -0.276. The zero-order valence-corrected chi connectivity index (χ0v) is 13.5. The van der Waals surface area contributed by atoms with E-state index in [-0.39, 0.29) is 6.04 Å². The smallest absolute Gasteiger partial charge is 0.125 e. The van der Waals surface area contributed by atoms with Crippen molar-refractivity contribution in [2.45, 2.75) is 19.9 Å². The third kappa shape index (κ3) is 3.14. The Morgan fingerprint density at radius 1 is 0.905 bits per heavy atom. The molecule has 0 heterocycles. The highest BCUT2D eigenvalue weighted by atomic mass is 35.5. The van der Waals surface area contributed by atoms with Crippen molar-refractivity contribution in [1.29, 1.82) is 0 Å². The maximum absolute atomic E-state index is 6.44. The summed E-state index contributed by atoms with van der Waals surface area (Å²) in [5.41, 5.74) is 10.5. The van der Waals surface area contributed by atoms with Gasteiger partial charge in [0.25, 0.3) is 0 Å². The number of ether oxygens (including phenoxy) is 2. The molecule has 0 aliphatic rings. The van der Waals surface area contributed by atoms with Gasteiger partial charge >= 0.3 is 0 Å². The fraction of sp³-hybridized carbons (Fsp3) is 0.294. The van der Waals surface area contributed by atoms with Gasteiger partial charge in [-0.1, -0.05) is 23.7 Å². The van der Waals surface area contributed by atoms with Crippen molar-refractivity contribution in [3.05, 3.63) is 57.6 Å². The number of hydrogen-bond acceptors (Lipinski definition) is 3. The molecule has 0 radical (unpaired) electrons. The van der Waals surface area contributed by atoms with Gasteiger partial charge in [-0.3, -0.25) is 0 Å². The highest BCUT2D eigenvalue weighted by molar-refractivity contribution is 6.30. The van der Waals surface area contributed by atoms with Crippen LogP contribution in [0.25, 0.3) is 0 Å². The Hall–Kier alpha value is -1.71. The summed E-state index contributed by atoms with van der Waals surface area (Å²) in [6, 6.07) is 9.31. The van der Waals surface area contributed by atoms with Gasteiger partial charge in [0.15, 0.2) is 0 Å². The predicted molar refractivity (Wildman–Crippen MR) is 86.5 cm³/mol. The van der Waals surface area contributed by atoms with Crippen LogP contribution in [-0.2, 0) is 0 Å². The van der Waals surface area contributed by atoms with E-state index in [1.54, 1.807) is 20.3 Å². The highest BCUT2D eigenvalue weighted by Crippen LogP contribution is 2.34. The molecular formula is C17H20ClNO2. The van der Waals surface area contributed by atoms with Crippen molar-refractivity contribution < 1.29 is 9.47 Å². The number of halogens is 1. The van der Waals surface area contributed by atoms with Crippen LogP contribution in [0.3, 0.4) is 0 Å². The second kappa shape index (κ2) is 6.37. The predicted octanol–water partition coefficient (Wildman–Crippen LogP) is 4.02. The molecule has 1 atom stereocenters. The van der Waals surface area contributed by atoms with E-state index >= 15 is 0 Å². The molecule has 2 N–H and O–H groups in total. The normalized spacial score (nSPS) is 12.1. The van der Waals surface area contributed by atoms with E-state index in [0.29, 0.717) is 10.8 Å². The number of methoxy groups -OCH3 is 2. The Balaban J connectivity index is 2.50. The van der Waals surface area contributed by atoms with Gasteiger partial charge in [-0.15, -0.1) is 0 Å². The molecule has 0 saturated heterocycles. The number of hydrogen-bond donors (Lipinski definition) is 1. The molecule has 0 fully saturated rings. The first kappa shape index (κ1) is 15.7. The lowest BCUT2D eigenvalue weighted by molar-refractivity contribution is 0.407. The van der Waals surface area contributed by atoms with Crippen LogP contribution in [0.5, 0.6) is 11.5 Å². The first-order valence-corrected chi connectivity index (χ1v) is 7.10. The monoisotopic (exact) mass is 305 g/mol. The minimum Gasteiger partial charge on any atom is -0.496 e. The second-order valence-corrected chi connectivity index (χ2v) is 5.48. The summed E-state index contributed by atoms with van der Waals surface area (Å²) in [6.07, 6.45) is 0. The third-order valence-electron chi connectivity index (χ3n) is 3.65. The van der Waals surface area contributed by atoms with Crippen molar-refractivity contribution >= 4 is 11.6 Å². The zero-order valence-electron chi connectivity index (χ0n) is 12.7. The van der Waals surface area contributed by atoms with E-state index in [0.717, 1.165) is 28.0 Å². The molecule has 3 nitrogen and oxygen atoms in total. The molecule has 0 aliphatic heterocycles. The van der Waals surface area contributed by atoms with E-state index in [9.17, 15) is 0 Å². The van der Waals surface area contributed by atoms with E-state index in [1.807, 2.05) is 32.0 Å². The quantitative estimate of drug-likeness (QED) is 0.928. The Kier molecular flexibility index (Phi) is 4.76. The Labute approximate surface area is 130 Å². The molecule has 0 aromatic heterocycles. The van der Waals surface area contributed by atoms with Gasteiger partial charge in [0.2, 0.25) is 0 Å². The number of aryl methyl sites for hydroxylation is 2. The fourth-order valence-electron chi connectivity index (χ4n) is 2.48. The van der Waals surface area contributed by atoms with Gasteiger partial charge < -0.3 is 15.2 Å². The summed E-state index contributed by atoms with van der Waals surface area (Å²) in [4.78, 5) is 0. The molecule has 0 aliphatic carbocycles. The first-order chi connectivity index (χ1) is 9.97. The Morgan fingerprint density at radius 2 is 1.57 bits per heavy atom. The van der Waals surface area contributed by atoms with Gasteiger partial charge in [0, 0.05) is 10.6 Å². The van der Waals surface area contributed by atoms with Crippen LogP contribution in [0.4, 0.5) is 0 Å². The van der Waals surface area contributed by atoms with E-state index in [4.69, 9.17) is 26.8 Å². The second-order valence-electron chi connectivity index (χ2n) is 5.04. The summed E-state index contributed by atoms with van der Waals surface area (Å²) in [5, 5.41) is 0.630. The fourth-order valence-corrected chi connectivity index (χ4v) is 2.64. The van der Waals surface area contributed by atoms with Gasteiger partial charge in [0.1, 0.15) is 11.5 Å². The lowest BCUT2D eigenvalue weighted by Crippen LogP contribution is -2.15. The topological polar surface area (TPSA) is 44.5 Å². The molecule has 0 saturated carbocycles. The molecular weight excluding hydrogens is 286 g/mol. The van der Waals surface area contributed by atoms with E-state index in [2.05, 4.69) is 6.07 Å². The lowest BCUT2D eigenvalue weighted by atomic mass is 9.93. The van der Waals surface area contributed by atoms with Crippen LogP contribution >= 0.6 is 11.6 Å². The van der Waals surface area contributed by atoms with Gasteiger partial charge in [0.05, 0.1) is 20.3 Å². The molecule has 4 heteroatoms. The molecule has 0 spiro atoms. The molecule has 2 aromatic rings. The third-order valence-corrected chi connectivity index (χ3v) is 3.88. The van der Waals surface area contributed by atoms with Crippen LogP contribution in [-0.4, -0.2) is 14.2 Å². The number of rotatable bonds is 4. The molecule has 0 bridgehead atoms. The average Bonchev–Trinajstić information content (AvgIpc) is 2.48.